The molecule has 0 aromatic rings. The van der Waals surface area contributed by atoms with Crippen LogP contribution in [-0.2, 0) is 0 Å². The molecule has 2 heteroatoms. The lowest BCUT2D eigenvalue weighted by Crippen LogP contribution is -2.46. The zero-order valence-electron chi connectivity index (χ0n) is 10.0. The lowest BCUT2D eigenvalue weighted by molar-refractivity contribution is 0.245. The Bertz CT molecular complexity index is 217. The first kappa shape index (κ1) is 12.9. The first-order valence-electron chi connectivity index (χ1n) is 5.91. The summed E-state index contributed by atoms with van der Waals surface area (Å²) in [4.78, 5) is 0. The Balaban J connectivity index is 2.16. The molecule has 0 amide bonds. The van der Waals surface area contributed by atoms with Gasteiger partial charge in [-0.05, 0) is 37.0 Å². The molecule has 15 heavy (non-hydrogen) atoms. The van der Waals surface area contributed by atoms with Crippen LogP contribution in [0.25, 0.3) is 0 Å². The zero-order valence-corrected chi connectivity index (χ0v) is 10.8. The quantitative estimate of drug-likeness (QED) is 0.570. The zero-order chi connectivity index (χ0) is 11.1. The van der Waals surface area contributed by atoms with Crippen LogP contribution in [0.5, 0.6) is 0 Å². The molecule has 0 aromatic heterocycles. The van der Waals surface area contributed by atoms with Crippen molar-refractivity contribution in [1.29, 1.82) is 0 Å². The first-order valence-corrected chi connectivity index (χ1v) is 7.07. The Morgan fingerprint density at radius 1 is 1.47 bits per heavy atom. The van der Waals surface area contributed by atoms with E-state index in [0.29, 0.717) is 11.5 Å². The largest absolute Gasteiger partial charge is 0.313 e. The molecule has 1 nitrogen and oxygen atoms in total. The monoisotopic (exact) mass is 225 g/mol. The van der Waals surface area contributed by atoms with Crippen LogP contribution in [0, 0.1) is 17.8 Å². The first-order chi connectivity index (χ1) is 7.17. The van der Waals surface area contributed by atoms with Gasteiger partial charge in [0.25, 0.3) is 0 Å². The summed E-state index contributed by atoms with van der Waals surface area (Å²) >= 11 is 2.08. The van der Waals surface area contributed by atoms with Gasteiger partial charge in [-0.3, -0.25) is 0 Å². The number of thioether (sulfide) groups is 1. The highest BCUT2D eigenvalue weighted by Gasteiger charge is 2.31. The molecule has 0 spiro atoms. The highest BCUT2D eigenvalue weighted by molar-refractivity contribution is 7.99. The lowest BCUT2D eigenvalue weighted by atomic mass is 9.82. The number of hydrogen-bond acceptors (Lipinski definition) is 2. The highest BCUT2D eigenvalue weighted by Crippen LogP contribution is 2.33. The van der Waals surface area contributed by atoms with Crippen LogP contribution in [0.1, 0.15) is 39.5 Å². The molecule has 1 rings (SSSR count). The van der Waals surface area contributed by atoms with E-state index >= 15 is 0 Å². The second kappa shape index (κ2) is 6.45. The summed E-state index contributed by atoms with van der Waals surface area (Å²) in [7, 11) is 0. The molecule has 1 saturated heterocycles. The van der Waals surface area contributed by atoms with Gasteiger partial charge < -0.3 is 5.32 Å². The Morgan fingerprint density at radius 2 is 2.27 bits per heavy atom. The molecule has 1 atom stereocenters. The SMILES string of the molecule is C#CCCCCNC1CSCCC1(C)C. The molecule has 1 aliphatic rings. The number of unbranched alkanes of at least 4 members (excludes halogenated alkanes) is 2. The normalized spacial score (nSPS) is 24.7. The average Bonchev–Trinajstić information content (AvgIpc) is 2.19. The van der Waals surface area contributed by atoms with Crippen molar-refractivity contribution in [2.45, 2.75) is 45.6 Å². The second-order valence-corrected chi connectivity index (χ2v) is 6.13. The van der Waals surface area contributed by atoms with Gasteiger partial charge in [0, 0.05) is 18.2 Å². The molecule has 86 valence electrons. The summed E-state index contributed by atoms with van der Waals surface area (Å²) in [5.74, 6) is 5.28. The van der Waals surface area contributed by atoms with Crippen molar-refractivity contribution >= 4 is 11.8 Å². The minimum absolute atomic E-state index is 0.470. The third-order valence-electron chi connectivity index (χ3n) is 3.26. The van der Waals surface area contributed by atoms with Crippen LogP contribution in [0.15, 0.2) is 0 Å². The van der Waals surface area contributed by atoms with Gasteiger partial charge in [-0.2, -0.15) is 11.8 Å². The summed E-state index contributed by atoms with van der Waals surface area (Å²) in [5.41, 5.74) is 0.470. The highest BCUT2D eigenvalue weighted by atomic mass is 32.2. The third-order valence-corrected chi connectivity index (χ3v) is 4.32. The fourth-order valence-electron chi connectivity index (χ4n) is 1.90. The maximum Gasteiger partial charge on any atom is 0.0209 e. The van der Waals surface area contributed by atoms with Crippen LogP contribution < -0.4 is 5.32 Å². The molecule has 0 aromatic carbocycles. The second-order valence-electron chi connectivity index (χ2n) is 4.98. The van der Waals surface area contributed by atoms with Gasteiger partial charge in [0.05, 0.1) is 0 Å². The Hall–Kier alpha value is -0.130. The van der Waals surface area contributed by atoms with Crippen LogP contribution >= 0.6 is 11.8 Å². The number of hydrogen-bond donors (Lipinski definition) is 1. The number of nitrogens with one attached hydrogen (secondary N) is 1. The summed E-state index contributed by atoms with van der Waals surface area (Å²) < 4.78 is 0. The van der Waals surface area contributed by atoms with E-state index in [4.69, 9.17) is 6.42 Å². The predicted octanol–water partition coefficient (Wildman–Crippen LogP) is 2.91. The van der Waals surface area contributed by atoms with Gasteiger partial charge in [-0.1, -0.05) is 13.8 Å². The van der Waals surface area contributed by atoms with Gasteiger partial charge in [0.1, 0.15) is 0 Å². The van der Waals surface area contributed by atoms with E-state index < -0.39 is 0 Å². The van der Waals surface area contributed by atoms with Crippen LogP contribution in [0.3, 0.4) is 0 Å². The van der Waals surface area contributed by atoms with Crippen molar-refractivity contribution in [2.24, 2.45) is 5.41 Å². The summed E-state index contributed by atoms with van der Waals surface area (Å²) in [6.07, 6.45) is 9.84. The maximum atomic E-state index is 5.22. The molecular weight excluding hydrogens is 202 g/mol. The molecule has 1 unspecified atom stereocenters. The Labute approximate surface area is 98.8 Å². The molecule has 0 aliphatic carbocycles. The molecule has 1 heterocycles. The van der Waals surface area contributed by atoms with Gasteiger partial charge in [0.2, 0.25) is 0 Å². The minimum Gasteiger partial charge on any atom is -0.313 e. The van der Waals surface area contributed by atoms with Crippen molar-refractivity contribution in [2.75, 3.05) is 18.1 Å². The van der Waals surface area contributed by atoms with Gasteiger partial charge >= 0.3 is 0 Å². The molecule has 0 bridgehead atoms. The molecule has 0 radical (unpaired) electrons. The van der Waals surface area contributed by atoms with E-state index in [0.717, 1.165) is 19.4 Å². The smallest absolute Gasteiger partial charge is 0.0209 e. The van der Waals surface area contributed by atoms with Gasteiger partial charge in [-0.25, -0.2) is 0 Å². The third kappa shape index (κ3) is 4.49. The van der Waals surface area contributed by atoms with Crippen molar-refractivity contribution in [3.8, 4) is 12.3 Å². The van der Waals surface area contributed by atoms with Crippen molar-refractivity contribution in [3.05, 3.63) is 0 Å². The molecule has 1 fully saturated rings. The van der Waals surface area contributed by atoms with E-state index in [9.17, 15) is 0 Å². The topological polar surface area (TPSA) is 12.0 Å². The molecule has 1 N–H and O–H groups in total. The summed E-state index contributed by atoms with van der Waals surface area (Å²) in [6, 6.07) is 0.682. The van der Waals surface area contributed by atoms with E-state index in [1.54, 1.807) is 0 Å². The summed E-state index contributed by atoms with van der Waals surface area (Å²) in [6.45, 7) is 5.88. The lowest BCUT2D eigenvalue weighted by Gasteiger charge is -2.39. The van der Waals surface area contributed by atoms with Crippen molar-refractivity contribution in [1.82, 2.24) is 5.32 Å². The molecular formula is C13H23NS. The van der Waals surface area contributed by atoms with E-state index in [1.807, 2.05) is 0 Å². The number of terminal acetylenes is 1. The van der Waals surface area contributed by atoms with Crippen LogP contribution in [0.2, 0.25) is 0 Å². The fourth-order valence-corrected chi connectivity index (χ4v) is 3.54. The van der Waals surface area contributed by atoms with E-state index in [-0.39, 0.29) is 0 Å². The predicted molar refractivity (Wildman–Crippen MR) is 70.2 cm³/mol. The average molecular weight is 225 g/mol. The summed E-state index contributed by atoms with van der Waals surface area (Å²) in [5, 5.41) is 3.68. The maximum absolute atomic E-state index is 5.22. The molecule has 0 saturated carbocycles. The number of rotatable bonds is 5. The molecule has 1 aliphatic heterocycles. The Morgan fingerprint density at radius 3 is 2.93 bits per heavy atom. The van der Waals surface area contributed by atoms with Gasteiger partial charge in [-0.15, -0.1) is 12.3 Å². The van der Waals surface area contributed by atoms with Crippen LogP contribution in [-0.4, -0.2) is 24.1 Å². The Kier molecular flexibility index (Phi) is 5.56. The van der Waals surface area contributed by atoms with E-state index in [1.165, 1.54) is 24.3 Å². The van der Waals surface area contributed by atoms with E-state index in [2.05, 4.69) is 36.8 Å². The fraction of sp³-hybridized carbons (Fsp3) is 0.846. The van der Waals surface area contributed by atoms with Crippen LogP contribution in [0.4, 0.5) is 0 Å². The van der Waals surface area contributed by atoms with Gasteiger partial charge in [0.15, 0.2) is 0 Å². The van der Waals surface area contributed by atoms with Crippen molar-refractivity contribution < 1.29 is 0 Å². The minimum atomic E-state index is 0.470. The van der Waals surface area contributed by atoms with Crippen molar-refractivity contribution in [3.63, 3.8) is 0 Å². The standard InChI is InChI=1S/C13H23NS/c1-4-5-6-7-9-14-12-11-15-10-8-13(12,2)3/h1,12,14H,5-11H2,2-3H3.